The Labute approximate surface area is 241 Å². The number of alkyl halides is 3. The van der Waals surface area contributed by atoms with Crippen molar-refractivity contribution in [2.45, 2.75) is 88.0 Å². The molecule has 0 aliphatic heterocycles. The van der Waals surface area contributed by atoms with Crippen LogP contribution in [0.2, 0.25) is 36.3 Å². The molecule has 0 spiro atoms. The fourth-order valence-corrected chi connectivity index (χ4v) is 5.11. The molecule has 1 rings (SSSR count). The highest BCUT2D eigenvalue weighted by atomic mass is 35.6. The van der Waals surface area contributed by atoms with E-state index >= 15 is 0 Å². The molecule has 0 aromatic heterocycles. The number of halogens is 3. The molecule has 37 heavy (non-hydrogen) atoms. The standard InChI is InChI=1S/C26H46Cl3NO5Si2/c1-24(2,3)36(8,9)34-17-20(16-30-23(31)33-18-26(27,28)29)14-19-12-13-21(32-7)22(15-19)35-37(10,11)25(4,5)6/h12-13,15,20H,14,16-18H2,1-11H3,(H,30,31). The number of rotatable bonds is 11. The number of nitrogens with one attached hydrogen (secondary N) is 1. The van der Waals surface area contributed by atoms with Gasteiger partial charge in [-0.05, 0) is 60.4 Å². The van der Waals surface area contributed by atoms with Crippen LogP contribution < -0.4 is 14.5 Å². The zero-order chi connectivity index (χ0) is 28.9. The third kappa shape index (κ3) is 11.6. The van der Waals surface area contributed by atoms with Crippen molar-refractivity contribution < 1.29 is 23.1 Å². The van der Waals surface area contributed by atoms with E-state index in [1.165, 1.54) is 0 Å². The molecule has 1 atom stereocenters. The van der Waals surface area contributed by atoms with Crippen molar-refractivity contribution in [3.8, 4) is 11.5 Å². The number of methoxy groups -OCH3 is 1. The molecule has 0 saturated carbocycles. The van der Waals surface area contributed by atoms with Crippen molar-refractivity contribution in [1.82, 2.24) is 5.32 Å². The molecule has 0 aliphatic rings. The van der Waals surface area contributed by atoms with Crippen molar-refractivity contribution in [3.05, 3.63) is 23.8 Å². The first-order valence-electron chi connectivity index (χ1n) is 12.6. The van der Waals surface area contributed by atoms with Gasteiger partial charge in [-0.15, -0.1) is 0 Å². The maximum Gasteiger partial charge on any atom is 0.407 e. The largest absolute Gasteiger partial charge is 0.541 e. The number of amides is 1. The van der Waals surface area contributed by atoms with Gasteiger partial charge in [0.05, 0.1) is 7.11 Å². The molecule has 6 nitrogen and oxygen atoms in total. The number of carbonyl (C=O) groups is 1. The van der Waals surface area contributed by atoms with Crippen molar-refractivity contribution >= 4 is 57.5 Å². The van der Waals surface area contributed by atoms with Crippen LogP contribution in [0.25, 0.3) is 0 Å². The summed E-state index contributed by atoms with van der Waals surface area (Å²) >= 11 is 17.1. The van der Waals surface area contributed by atoms with Gasteiger partial charge in [-0.1, -0.05) is 82.4 Å². The summed E-state index contributed by atoms with van der Waals surface area (Å²) in [6, 6.07) is 6.00. The van der Waals surface area contributed by atoms with Crippen LogP contribution in [0.4, 0.5) is 4.79 Å². The van der Waals surface area contributed by atoms with Crippen LogP contribution in [0.15, 0.2) is 18.2 Å². The molecular weight excluding hydrogens is 569 g/mol. The Bertz CT molecular complexity index is 894. The minimum absolute atomic E-state index is 0.0106. The number of hydrogen-bond acceptors (Lipinski definition) is 5. The normalized spacial score (nSPS) is 14.2. The summed E-state index contributed by atoms with van der Waals surface area (Å²) in [5.74, 6) is 1.44. The predicted molar refractivity (Wildman–Crippen MR) is 161 cm³/mol. The molecule has 1 aromatic carbocycles. The summed E-state index contributed by atoms with van der Waals surface area (Å²) in [6.45, 7) is 22.6. The third-order valence-corrected chi connectivity index (χ3v) is 16.5. The highest BCUT2D eigenvalue weighted by Gasteiger charge is 2.40. The fourth-order valence-electron chi connectivity index (χ4n) is 2.85. The maximum atomic E-state index is 12.2. The van der Waals surface area contributed by atoms with Gasteiger partial charge in [0, 0.05) is 19.1 Å². The Morgan fingerprint density at radius 2 is 1.51 bits per heavy atom. The number of benzene rings is 1. The minimum Gasteiger partial charge on any atom is -0.541 e. The van der Waals surface area contributed by atoms with E-state index in [-0.39, 0.29) is 22.6 Å². The lowest BCUT2D eigenvalue weighted by Crippen LogP contribution is -2.44. The molecule has 0 heterocycles. The molecule has 0 fully saturated rings. The van der Waals surface area contributed by atoms with Crippen LogP contribution in [-0.2, 0) is 15.6 Å². The summed E-state index contributed by atoms with van der Waals surface area (Å²) in [4.78, 5) is 12.2. The number of hydrogen-bond donors (Lipinski definition) is 1. The molecule has 11 heteroatoms. The molecule has 1 aromatic rings. The van der Waals surface area contributed by atoms with Gasteiger partial charge in [0.25, 0.3) is 8.32 Å². The highest BCUT2D eigenvalue weighted by molar-refractivity contribution is 6.75. The van der Waals surface area contributed by atoms with Crippen molar-refractivity contribution in [2.75, 3.05) is 26.9 Å². The molecule has 214 valence electrons. The van der Waals surface area contributed by atoms with Gasteiger partial charge in [0.15, 0.2) is 14.1 Å². The second-order valence-electron chi connectivity index (χ2n) is 12.6. The first kappa shape index (κ1) is 34.4. The van der Waals surface area contributed by atoms with E-state index in [0.29, 0.717) is 25.3 Å². The van der Waals surface area contributed by atoms with Gasteiger partial charge in [0.1, 0.15) is 12.4 Å². The van der Waals surface area contributed by atoms with Crippen molar-refractivity contribution in [2.24, 2.45) is 5.92 Å². The summed E-state index contributed by atoms with van der Waals surface area (Å²) in [7, 11) is -2.42. The van der Waals surface area contributed by atoms with Crippen molar-refractivity contribution in [1.29, 1.82) is 0 Å². The van der Waals surface area contributed by atoms with Crippen LogP contribution in [-0.4, -0.2) is 53.4 Å². The van der Waals surface area contributed by atoms with Crippen LogP contribution >= 0.6 is 34.8 Å². The zero-order valence-electron chi connectivity index (χ0n) is 24.3. The fraction of sp³-hybridized carbons (Fsp3) is 0.731. The van der Waals surface area contributed by atoms with E-state index in [2.05, 4.69) is 73.0 Å². The Morgan fingerprint density at radius 1 is 0.946 bits per heavy atom. The first-order chi connectivity index (χ1) is 16.6. The monoisotopic (exact) mass is 613 g/mol. The van der Waals surface area contributed by atoms with Gasteiger partial charge in [-0.25, -0.2) is 4.79 Å². The van der Waals surface area contributed by atoms with Gasteiger partial charge in [0.2, 0.25) is 3.79 Å². The molecule has 0 radical (unpaired) electrons. The van der Waals surface area contributed by atoms with E-state index < -0.39 is 26.5 Å². The average Bonchev–Trinajstić information content (AvgIpc) is 2.72. The SMILES string of the molecule is COc1ccc(CC(CNC(=O)OCC(Cl)(Cl)Cl)CO[Si](C)(C)C(C)(C)C)cc1O[Si](C)(C)C(C)(C)C. The van der Waals surface area contributed by atoms with E-state index in [4.69, 9.17) is 53.1 Å². The Balaban J connectivity index is 3.13. The Hall–Kier alpha value is -0.646. The minimum atomic E-state index is -2.08. The lowest BCUT2D eigenvalue weighted by atomic mass is 9.99. The first-order valence-corrected chi connectivity index (χ1v) is 19.5. The molecule has 0 saturated heterocycles. The quantitative estimate of drug-likeness (QED) is 0.200. The summed E-state index contributed by atoms with van der Waals surface area (Å²) in [5.41, 5.74) is 1.06. The predicted octanol–water partition coefficient (Wildman–Crippen LogP) is 8.36. The Kier molecular flexibility index (Phi) is 12.2. The van der Waals surface area contributed by atoms with Gasteiger partial charge in [-0.3, -0.25) is 0 Å². The molecular formula is C26H46Cl3NO5Si2. The number of alkyl carbamates (subject to hydrolysis) is 1. The van der Waals surface area contributed by atoms with Gasteiger partial charge >= 0.3 is 6.09 Å². The van der Waals surface area contributed by atoms with E-state index in [1.54, 1.807) is 7.11 Å². The Morgan fingerprint density at radius 3 is 2.00 bits per heavy atom. The van der Waals surface area contributed by atoms with E-state index in [1.807, 2.05) is 18.2 Å². The molecule has 0 aliphatic carbocycles. The third-order valence-electron chi connectivity index (χ3n) is 7.31. The second-order valence-corrected chi connectivity index (χ2v) is 24.6. The smallest absolute Gasteiger partial charge is 0.407 e. The zero-order valence-corrected chi connectivity index (χ0v) is 28.6. The lowest BCUT2D eigenvalue weighted by Gasteiger charge is -2.37. The van der Waals surface area contributed by atoms with Crippen molar-refractivity contribution in [3.63, 3.8) is 0 Å². The topological polar surface area (TPSA) is 66.0 Å². The summed E-state index contributed by atoms with van der Waals surface area (Å²) in [6.07, 6.45) is 0.0253. The molecule has 0 bridgehead atoms. The summed E-state index contributed by atoms with van der Waals surface area (Å²) in [5, 5.41) is 2.91. The van der Waals surface area contributed by atoms with E-state index in [0.717, 1.165) is 11.3 Å². The lowest BCUT2D eigenvalue weighted by molar-refractivity contribution is 0.143. The molecule has 1 unspecified atom stereocenters. The molecule has 1 amide bonds. The van der Waals surface area contributed by atoms with Crippen LogP contribution in [0.1, 0.15) is 47.1 Å². The second kappa shape index (κ2) is 13.1. The number of carbonyl (C=O) groups excluding carboxylic acids is 1. The number of ether oxygens (including phenoxy) is 2. The highest BCUT2D eigenvalue weighted by Crippen LogP contribution is 2.41. The molecule has 1 N–H and O–H groups in total. The average molecular weight is 615 g/mol. The van der Waals surface area contributed by atoms with E-state index in [9.17, 15) is 4.79 Å². The van der Waals surface area contributed by atoms with Crippen LogP contribution in [0, 0.1) is 5.92 Å². The van der Waals surface area contributed by atoms with Crippen LogP contribution in [0.3, 0.4) is 0 Å². The van der Waals surface area contributed by atoms with Crippen LogP contribution in [0.5, 0.6) is 11.5 Å². The summed E-state index contributed by atoms with van der Waals surface area (Å²) < 4.78 is 22.1. The maximum absolute atomic E-state index is 12.2. The van der Waals surface area contributed by atoms with Gasteiger partial charge in [-0.2, -0.15) is 0 Å². The van der Waals surface area contributed by atoms with Gasteiger partial charge < -0.3 is 23.6 Å².